The summed E-state index contributed by atoms with van der Waals surface area (Å²) in [5.41, 5.74) is 0.594. The first kappa shape index (κ1) is 14.9. The number of carbonyl (C=O) groups excluding carboxylic acids is 1. The molecule has 0 unspecified atom stereocenters. The van der Waals surface area contributed by atoms with Gasteiger partial charge in [0.25, 0.3) is 5.91 Å². The zero-order chi connectivity index (χ0) is 14.5. The predicted molar refractivity (Wildman–Crippen MR) is 78.0 cm³/mol. The monoisotopic (exact) mass is 311 g/mol. The number of amides is 1. The number of rotatable bonds is 5. The third kappa shape index (κ3) is 3.52. The molecule has 1 amide bonds. The number of halogens is 1. The van der Waals surface area contributed by atoms with Crippen LogP contribution in [0.4, 0.5) is 0 Å². The van der Waals surface area contributed by atoms with Crippen molar-refractivity contribution in [1.82, 2.24) is 15.5 Å². The molecule has 0 saturated heterocycles. The number of hydrogen-bond donors (Lipinski definition) is 1. The Labute approximate surface area is 126 Å². The van der Waals surface area contributed by atoms with Crippen LogP contribution in [0.15, 0.2) is 34.0 Å². The number of hydrogen-bond acceptors (Lipinski definition) is 5. The summed E-state index contributed by atoms with van der Waals surface area (Å²) in [7, 11) is 0. The summed E-state index contributed by atoms with van der Waals surface area (Å²) in [5.74, 6) is 1.12. The Morgan fingerprint density at radius 2 is 2.35 bits per heavy atom. The number of nitrogens with zero attached hydrogens (tertiary/aromatic N) is 2. The van der Waals surface area contributed by atoms with E-state index in [2.05, 4.69) is 20.0 Å². The summed E-state index contributed by atoms with van der Waals surface area (Å²) in [6, 6.07) is 4.90. The van der Waals surface area contributed by atoms with E-state index < -0.39 is 0 Å². The van der Waals surface area contributed by atoms with Gasteiger partial charge >= 0.3 is 0 Å². The van der Waals surface area contributed by atoms with E-state index in [4.69, 9.17) is 11.6 Å². The van der Waals surface area contributed by atoms with E-state index in [0.717, 1.165) is 10.6 Å². The third-order valence-corrected chi connectivity index (χ3v) is 3.77. The standard InChI is InChI=1S/C13H14ClN3O2S/c1-3-20-11-6-9(14)4-5-10(11)13(18)16-8(2)12-15-7-19-17-12/h4-8H,3H2,1-2H3,(H,16,18)/t8-/m0/s1. The second kappa shape index (κ2) is 6.76. The molecule has 1 N–H and O–H groups in total. The minimum atomic E-state index is -0.323. The van der Waals surface area contributed by atoms with Gasteiger partial charge in [-0.2, -0.15) is 4.98 Å². The average Bonchev–Trinajstić information content (AvgIpc) is 2.93. The number of benzene rings is 1. The van der Waals surface area contributed by atoms with E-state index >= 15 is 0 Å². The van der Waals surface area contributed by atoms with Crippen molar-refractivity contribution in [1.29, 1.82) is 0 Å². The third-order valence-electron chi connectivity index (χ3n) is 2.60. The summed E-state index contributed by atoms with van der Waals surface area (Å²) < 4.78 is 4.67. The van der Waals surface area contributed by atoms with Crippen molar-refractivity contribution >= 4 is 29.3 Å². The lowest BCUT2D eigenvalue weighted by molar-refractivity contribution is 0.0935. The Bertz CT molecular complexity index is 589. The maximum Gasteiger partial charge on any atom is 0.253 e. The molecule has 0 saturated carbocycles. The zero-order valence-corrected chi connectivity index (χ0v) is 12.7. The van der Waals surface area contributed by atoms with E-state index in [1.165, 1.54) is 6.39 Å². The van der Waals surface area contributed by atoms with Gasteiger partial charge in [-0.25, -0.2) is 0 Å². The van der Waals surface area contributed by atoms with Gasteiger partial charge in [-0.05, 0) is 30.9 Å². The quantitative estimate of drug-likeness (QED) is 0.858. The number of nitrogens with one attached hydrogen (secondary N) is 1. The van der Waals surface area contributed by atoms with Gasteiger partial charge in [-0.15, -0.1) is 11.8 Å². The van der Waals surface area contributed by atoms with E-state index in [1.54, 1.807) is 36.9 Å². The molecule has 2 rings (SSSR count). The van der Waals surface area contributed by atoms with Crippen molar-refractivity contribution in [2.75, 3.05) is 5.75 Å². The lowest BCUT2D eigenvalue weighted by Gasteiger charge is -2.13. The second-order valence-electron chi connectivity index (χ2n) is 4.06. The Morgan fingerprint density at radius 3 is 3.00 bits per heavy atom. The summed E-state index contributed by atoms with van der Waals surface area (Å²) >= 11 is 7.54. The highest BCUT2D eigenvalue weighted by Gasteiger charge is 2.17. The molecule has 1 aromatic heterocycles. The summed E-state index contributed by atoms with van der Waals surface area (Å²) in [6.07, 6.45) is 1.23. The Morgan fingerprint density at radius 1 is 1.55 bits per heavy atom. The first-order chi connectivity index (χ1) is 9.61. The molecule has 0 aliphatic heterocycles. The minimum Gasteiger partial charge on any atom is -0.343 e. The van der Waals surface area contributed by atoms with Crippen molar-refractivity contribution in [2.45, 2.75) is 24.8 Å². The molecule has 0 fully saturated rings. The van der Waals surface area contributed by atoms with Crippen LogP contribution in [0.1, 0.15) is 36.1 Å². The largest absolute Gasteiger partial charge is 0.343 e. The van der Waals surface area contributed by atoms with Gasteiger partial charge in [0.1, 0.15) is 0 Å². The van der Waals surface area contributed by atoms with Crippen LogP contribution in [-0.2, 0) is 0 Å². The molecule has 0 bridgehead atoms. The maximum atomic E-state index is 12.3. The van der Waals surface area contributed by atoms with Gasteiger partial charge in [-0.3, -0.25) is 4.79 Å². The highest BCUT2D eigenvalue weighted by atomic mass is 35.5. The highest BCUT2D eigenvalue weighted by molar-refractivity contribution is 7.99. The Balaban J connectivity index is 2.16. The molecule has 1 heterocycles. The first-order valence-electron chi connectivity index (χ1n) is 6.11. The lowest BCUT2D eigenvalue weighted by atomic mass is 10.2. The Kier molecular flexibility index (Phi) is 5.03. The molecule has 106 valence electrons. The molecular weight excluding hydrogens is 298 g/mol. The molecule has 1 atom stereocenters. The SMILES string of the molecule is CCSc1cc(Cl)ccc1C(=O)N[C@@H](C)c1ncon1. The smallest absolute Gasteiger partial charge is 0.253 e. The topological polar surface area (TPSA) is 68.0 Å². The minimum absolute atomic E-state index is 0.185. The van der Waals surface area contributed by atoms with Gasteiger partial charge in [0.05, 0.1) is 11.6 Å². The molecule has 0 aliphatic rings. The van der Waals surface area contributed by atoms with Crippen LogP contribution < -0.4 is 5.32 Å². The summed E-state index contributed by atoms with van der Waals surface area (Å²) in [6.45, 7) is 3.82. The number of aromatic nitrogens is 2. The molecule has 1 aromatic carbocycles. The van der Waals surface area contributed by atoms with Crippen LogP contribution in [0, 0.1) is 0 Å². The van der Waals surface area contributed by atoms with E-state index in [0.29, 0.717) is 16.4 Å². The molecule has 0 aliphatic carbocycles. The predicted octanol–water partition coefficient (Wildman–Crippen LogP) is 3.33. The van der Waals surface area contributed by atoms with Gasteiger partial charge < -0.3 is 9.84 Å². The normalized spacial score (nSPS) is 12.2. The van der Waals surface area contributed by atoms with Crippen LogP contribution in [0.2, 0.25) is 5.02 Å². The van der Waals surface area contributed by atoms with Crippen LogP contribution in [-0.4, -0.2) is 21.8 Å². The van der Waals surface area contributed by atoms with Crippen LogP contribution in [0.3, 0.4) is 0 Å². The van der Waals surface area contributed by atoms with E-state index in [1.807, 2.05) is 6.92 Å². The molecule has 7 heteroatoms. The summed E-state index contributed by atoms with van der Waals surface area (Å²) in [4.78, 5) is 17.1. The number of thioether (sulfide) groups is 1. The molecule has 0 radical (unpaired) electrons. The van der Waals surface area contributed by atoms with Crippen molar-refractivity contribution in [3.63, 3.8) is 0 Å². The van der Waals surface area contributed by atoms with Crippen molar-refractivity contribution in [3.8, 4) is 0 Å². The van der Waals surface area contributed by atoms with Gasteiger partial charge in [0, 0.05) is 9.92 Å². The van der Waals surface area contributed by atoms with E-state index in [-0.39, 0.29) is 11.9 Å². The van der Waals surface area contributed by atoms with Gasteiger partial charge in [0.15, 0.2) is 5.82 Å². The first-order valence-corrected chi connectivity index (χ1v) is 7.47. The molecular formula is C13H14ClN3O2S. The molecule has 20 heavy (non-hydrogen) atoms. The van der Waals surface area contributed by atoms with E-state index in [9.17, 15) is 4.79 Å². The maximum absolute atomic E-state index is 12.3. The van der Waals surface area contributed by atoms with Crippen LogP contribution >= 0.6 is 23.4 Å². The van der Waals surface area contributed by atoms with Crippen molar-refractivity contribution in [3.05, 3.63) is 41.0 Å². The second-order valence-corrected chi connectivity index (χ2v) is 5.80. The van der Waals surface area contributed by atoms with Gasteiger partial charge in [-0.1, -0.05) is 23.7 Å². The average molecular weight is 312 g/mol. The van der Waals surface area contributed by atoms with Crippen LogP contribution in [0.5, 0.6) is 0 Å². The highest BCUT2D eigenvalue weighted by Crippen LogP contribution is 2.26. The fourth-order valence-electron chi connectivity index (χ4n) is 1.67. The molecule has 0 spiro atoms. The summed E-state index contributed by atoms with van der Waals surface area (Å²) in [5, 5.41) is 7.16. The Hall–Kier alpha value is -1.53. The van der Waals surface area contributed by atoms with Crippen molar-refractivity contribution in [2.24, 2.45) is 0 Å². The lowest BCUT2D eigenvalue weighted by Crippen LogP contribution is -2.27. The molecule has 5 nitrogen and oxygen atoms in total. The fraction of sp³-hybridized carbons (Fsp3) is 0.308. The zero-order valence-electron chi connectivity index (χ0n) is 11.1. The fourth-order valence-corrected chi connectivity index (χ4v) is 2.74. The molecule has 2 aromatic rings. The van der Waals surface area contributed by atoms with Crippen molar-refractivity contribution < 1.29 is 9.32 Å². The van der Waals surface area contributed by atoms with Crippen LogP contribution in [0.25, 0.3) is 0 Å². The van der Waals surface area contributed by atoms with Gasteiger partial charge in [0.2, 0.25) is 6.39 Å². The number of carbonyl (C=O) groups is 1.